The summed E-state index contributed by atoms with van der Waals surface area (Å²) < 4.78 is 6.24. The molecule has 0 saturated heterocycles. The number of phenolic OH excluding ortho intramolecular Hbond substituents is 1. The maximum Gasteiger partial charge on any atom is 0.342 e. The highest BCUT2D eigenvalue weighted by atomic mass is 16.5. The van der Waals surface area contributed by atoms with Gasteiger partial charge in [0.25, 0.3) is 5.91 Å². The van der Waals surface area contributed by atoms with Gasteiger partial charge in [-0.05, 0) is 36.6 Å². The van der Waals surface area contributed by atoms with Gasteiger partial charge in [-0.3, -0.25) is 4.79 Å². The second-order valence-corrected chi connectivity index (χ2v) is 8.20. The molecule has 0 aliphatic heterocycles. The number of nitrogens with zero attached hydrogens (tertiary/aromatic N) is 3. The number of nitrogens with one attached hydrogen (secondary N) is 2. The zero-order valence-corrected chi connectivity index (χ0v) is 18.3. The lowest BCUT2D eigenvalue weighted by Crippen LogP contribution is -2.31. The second-order valence-electron chi connectivity index (χ2n) is 8.20. The highest BCUT2D eigenvalue weighted by molar-refractivity contribution is 6.02. The fourth-order valence-electron chi connectivity index (χ4n) is 3.88. The number of hydrogen-bond acceptors (Lipinski definition) is 6. The molecule has 0 bridgehead atoms. The van der Waals surface area contributed by atoms with E-state index in [1.165, 1.54) is 23.0 Å². The molecule has 0 unspecified atom stereocenters. The van der Waals surface area contributed by atoms with Gasteiger partial charge in [0.15, 0.2) is 0 Å². The van der Waals surface area contributed by atoms with E-state index in [1.807, 2.05) is 36.4 Å². The molecule has 0 spiro atoms. The first kappa shape index (κ1) is 21.4. The van der Waals surface area contributed by atoms with Crippen LogP contribution in [0.25, 0.3) is 11.3 Å². The Kier molecular flexibility index (Phi) is 5.82. The number of phenols is 1. The van der Waals surface area contributed by atoms with Gasteiger partial charge in [-0.1, -0.05) is 41.9 Å². The summed E-state index contributed by atoms with van der Waals surface area (Å²) in [6, 6.07) is 17.4. The number of aromatic nitrogens is 3. The van der Waals surface area contributed by atoms with E-state index in [-0.39, 0.29) is 23.5 Å². The molecule has 1 aliphatic rings. The van der Waals surface area contributed by atoms with Gasteiger partial charge >= 0.3 is 6.03 Å². The summed E-state index contributed by atoms with van der Waals surface area (Å²) in [4.78, 5) is 25.1. The van der Waals surface area contributed by atoms with Crippen LogP contribution < -0.4 is 10.6 Å². The monoisotopic (exact) mass is 457 g/mol. The molecule has 2 heterocycles. The van der Waals surface area contributed by atoms with E-state index < -0.39 is 5.91 Å². The number of amides is 2. The molecule has 1 fully saturated rings. The van der Waals surface area contributed by atoms with Gasteiger partial charge in [0.1, 0.15) is 5.75 Å². The Bertz CT molecular complexity index is 1310. The van der Waals surface area contributed by atoms with E-state index in [1.54, 1.807) is 12.1 Å². The van der Waals surface area contributed by atoms with E-state index in [0.29, 0.717) is 23.5 Å². The standard InChI is InChI=1S/C25H23N5O4/c31-22-13-18(28-24(32)23-11-12-27-34-23)9-10-19(22)20-14-21(17-7-4-8-17)30(29-20)25(33)26-15-16-5-2-1-3-6-16/h1-3,5-6,9-14,17,31H,4,7-8,15H2,(H,26,33)(H,28,32). The van der Waals surface area contributed by atoms with E-state index in [2.05, 4.69) is 20.9 Å². The SMILES string of the molecule is O=C(Nc1ccc(-c2cc(C3CCC3)n(C(=O)NCc3ccccc3)n2)c(O)c1)c1ccno1. The van der Waals surface area contributed by atoms with E-state index in [4.69, 9.17) is 4.52 Å². The van der Waals surface area contributed by atoms with E-state index >= 15 is 0 Å². The van der Waals surface area contributed by atoms with Crippen molar-refractivity contribution in [2.24, 2.45) is 0 Å². The largest absolute Gasteiger partial charge is 0.507 e. The zero-order valence-electron chi connectivity index (χ0n) is 18.3. The van der Waals surface area contributed by atoms with Crippen LogP contribution in [0.15, 0.2) is 71.4 Å². The molecule has 9 nitrogen and oxygen atoms in total. The van der Waals surface area contributed by atoms with E-state index in [0.717, 1.165) is 30.5 Å². The number of anilines is 1. The first-order valence-electron chi connectivity index (χ1n) is 11.1. The van der Waals surface area contributed by atoms with Crippen molar-refractivity contribution in [3.8, 4) is 17.0 Å². The molecule has 5 rings (SSSR count). The van der Waals surface area contributed by atoms with Crippen LogP contribution in [-0.4, -0.2) is 32.0 Å². The topological polar surface area (TPSA) is 122 Å². The van der Waals surface area contributed by atoms with Crippen molar-refractivity contribution in [1.29, 1.82) is 0 Å². The summed E-state index contributed by atoms with van der Waals surface area (Å²) in [6.45, 7) is 0.393. The lowest BCUT2D eigenvalue weighted by Gasteiger charge is -2.25. The summed E-state index contributed by atoms with van der Waals surface area (Å²) in [5.41, 5.74) is 3.17. The minimum atomic E-state index is -0.476. The highest BCUT2D eigenvalue weighted by Gasteiger charge is 2.27. The molecule has 0 radical (unpaired) electrons. The predicted octanol–water partition coefficient (Wildman–Crippen LogP) is 4.52. The predicted molar refractivity (Wildman–Crippen MR) is 124 cm³/mol. The van der Waals surface area contributed by atoms with Crippen LogP contribution in [-0.2, 0) is 6.54 Å². The van der Waals surface area contributed by atoms with Crippen LogP contribution in [0.5, 0.6) is 5.75 Å². The Labute approximate surface area is 195 Å². The van der Waals surface area contributed by atoms with Gasteiger partial charge in [-0.2, -0.15) is 9.78 Å². The number of aromatic hydroxyl groups is 1. The summed E-state index contributed by atoms with van der Waals surface area (Å²) in [5.74, 6) is -0.221. The lowest BCUT2D eigenvalue weighted by molar-refractivity contribution is 0.0988. The van der Waals surface area contributed by atoms with Crippen LogP contribution in [0.4, 0.5) is 10.5 Å². The third kappa shape index (κ3) is 4.40. The summed E-state index contributed by atoms with van der Waals surface area (Å²) in [7, 11) is 0. The van der Waals surface area contributed by atoms with Crippen LogP contribution in [0.3, 0.4) is 0 Å². The third-order valence-electron chi connectivity index (χ3n) is 5.93. The maximum absolute atomic E-state index is 13.0. The molecular formula is C25H23N5O4. The number of hydrogen-bond donors (Lipinski definition) is 3. The number of carbonyl (C=O) groups excluding carboxylic acids is 2. The van der Waals surface area contributed by atoms with E-state index in [9.17, 15) is 14.7 Å². The highest BCUT2D eigenvalue weighted by Crippen LogP contribution is 2.39. The molecule has 1 aliphatic carbocycles. The van der Waals surface area contributed by atoms with Crippen LogP contribution >= 0.6 is 0 Å². The molecule has 4 aromatic rings. The summed E-state index contributed by atoms with van der Waals surface area (Å²) >= 11 is 0. The molecule has 3 N–H and O–H groups in total. The van der Waals surface area contributed by atoms with Crippen LogP contribution in [0, 0.1) is 0 Å². The quantitative estimate of drug-likeness (QED) is 0.391. The number of rotatable bonds is 6. The van der Waals surface area contributed by atoms with Crippen molar-refractivity contribution in [3.05, 3.63) is 83.9 Å². The molecule has 1 saturated carbocycles. The molecule has 172 valence electrons. The van der Waals surface area contributed by atoms with Crippen LogP contribution in [0.2, 0.25) is 0 Å². The van der Waals surface area contributed by atoms with Gasteiger partial charge in [-0.25, -0.2) is 4.79 Å². The minimum absolute atomic E-state index is 0.0639. The normalized spacial score (nSPS) is 13.3. The average molecular weight is 457 g/mol. The molecule has 2 aromatic carbocycles. The van der Waals surface area contributed by atoms with Crippen molar-refractivity contribution in [2.75, 3.05) is 5.32 Å². The fourth-order valence-corrected chi connectivity index (χ4v) is 3.88. The van der Waals surface area contributed by atoms with Crippen molar-refractivity contribution in [1.82, 2.24) is 20.3 Å². The Morgan fingerprint density at radius 3 is 2.59 bits per heavy atom. The Morgan fingerprint density at radius 2 is 1.91 bits per heavy atom. The second kappa shape index (κ2) is 9.22. The van der Waals surface area contributed by atoms with Gasteiger partial charge in [0, 0.05) is 35.8 Å². The van der Waals surface area contributed by atoms with Gasteiger partial charge in [0.2, 0.25) is 5.76 Å². The molecular weight excluding hydrogens is 434 g/mol. The van der Waals surface area contributed by atoms with Gasteiger partial charge in [0.05, 0.1) is 17.6 Å². The van der Waals surface area contributed by atoms with Crippen molar-refractivity contribution < 1.29 is 19.2 Å². The average Bonchev–Trinajstić information content (AvgIpc) is 3.48. The first-order valence-corrected chi connectivity index (χ1v) is 11.1. The number of carbonyl (C=O) groups is 2. The first-order chi connectivity index (χ1) is 16.6. The molecule has 2 amide bonds. The smallest absolute Gasteiger partial charge is 0.342 e. The van der Waals surface area contributed by atoms with Crippen LogP contribution in [0.1, 0.15) is 47.0 Å². The molecule has 0 atom stereocenters. The van der Waals surface area contributed by atoms with Crippen molar-refractivity contribution in [3.63, 3.8) is 0 Å². The van der Waals surface area contributed by atoms with Gasteiger partial charge in [-0.15, -0.1) is 0 Å². The summed E-state index contributed by atoms with van der Waals surface area (Å²) in [5, 5.41) is 24.2. The fraction of sp³-hybridized carbons (Fsp3) is 0.200. The molecule has 2 aromatic heterocycles. The molecule has 9 heteroatoms. The van der Waals surface area contributed by atoms with Crippen molar-refractivity contribution in [2.45, 2.75) is 31.7 Å². The Hall–Kier alpha value is -4.40. The van der Waals surface area contributed by atoms with Crippen molar-refractivity contribution >= 4 is 17.6 Å². The zero-order chi connectivity index (χ0) is 23.5. The number of benzene rings is 2. The summed E-state index contributed by atoms with van der Waals surface area (Å²) in [6.07, 6.45) is 4.48. The molecule has 34 heavy (non-hydrogen) atoms. The lowest BCUT2D eigenvalue weighted by atomic mass is 9.82. The third-order valence-corrected chi connectivity index (χ3v) is 5.93. The Morgan fingerprint density at radius 1 is 1.09 bits per heavy atom. The maximum atomic E-state index is 13.0. The Balaban J connectivity index is 1.37. The van der Waals surface area contributed by atoms with Gasteiger partial charge < -0.3 is 20.3 Å². The minimum Gasteiger partial charge on any atom is -0.507 e.